The molecule has 1 unspecified atom stereocenters. The van der Waals surface area contributed by atoms with E-state index in [1.54, 1.807) is 12.1 Å². The Labute approximate surface area is 286 Å². The summed E-state index contributed by atoms with van der Waals surface area (Å²) in [5.74, 6) is 0. The van der Waals surface area contributed by atoms with Gasteiger partial charge in [0.1, 0.15) is 7.05 Å². The van der Waals surface area contributed by atoms with Gasteiger partial charge in [0.05, 0.1) is 11.0 Å². The van der Waals surface area contributed by atoms with E-state index < -0.39 is 22.6 Å². The van der Waals surface area contributed by atoms with Crippen molar-refractivity contribution >= 4 is 27.9 Å². The Hall–Kier alpha value is -5.16. The number of likely N-dealkylation sites (N-methyl/N-ethyl adjacent to an activating group) is 1. The van der Waals surface area contributed by atoms with E-state index in [1.807, 2.05) is 18.9 Å². The zero-order chi connectivity index (χ0) is 34.4. The second-order valence-electron chi connectivity index (χ2n) is 13.6. The lowest BCUT2D eigenvalue weighted by Gasteiger charge is -2.29. The lowest BCUT2D eigenvalue weighted by atomic mass is 9.67. The number of nitrogens with zero attached hydrogens (tertiary/aromatic N) is 2. The van der Waals surface area contributed by atoms with Crippen LogP contribution in [0.3, 0.4) is 0 Å². The maximum absolute atomic E-state index is 13.8. The normalized spacial score (nSPS) is 19.2. The van der Waals surface area contributed by atoms with E-state index in [1.165, 1.54) is 51.0 Å². The van der Waals surface area contributed by atoms with Crippen LogP contribution in [0.1, 0.15) is 41.2 Å². The van der Waals surface area contributed by atoms with E-state index in [2.05, 4.69) is 133 Å². The molecule has 0 fully saturated rings. The molecular weight excluding hydrogens is 613 g/mol. The highest BCUT2D eigenvalue weighted by Gasteiger charge is 2.51. The molecule has 0 saturated carbocycles. The molecule has 0 aliphatic carbocycles. The summed E-state index contributed by atoms with van der Waals surface area (Å²) >= 11 is 0. The van der Waals surface area contributed by atoms with Crippen LogP contribution in [0.5, 0.6) is 0 Å². The second kappa shape index (κ2) is 12.4. The fraction of sp³-hybridized carbons (Fsp3) is 0.205. The number of hydrogen-bond donors (Lipinski definition) is 0. The maximum atomic E-state index is 13.8. The summed E-state index contributed by atoms with van der Waals surface area (Å²) in [7, 11) is 4.09. The average Bonchev–Trinajstić information content (AvgIpc) is 3.45. The number of allylic oxidation sites excluding steroid dienone is 5. The number of anilines is 1. The summed E-state index contributed by atoms with van der Waals surface area (Å²) < 4.78 is 43.8. The van der Waals surface area contributed by atoms with Gasteiger partial charge in [-0.25, -0.2) is 0 Å². The van der Waals surface area contributed by atoms with E-state index in [-0.39, 0.29) is 0 Å². The minimum absolute atomic E-state index is 0.404. The molecule has 0 radical (unpaired) electrons. The first-order valence-electron chi connectivity index (χ1n) is 16.7. The van der Waals surface area contributed by atoms with Gasteiger partial charge in [0.2, 0.25) is 5.69 Å². The van der Waals surface area contributed by atoms with Crippen molar-refractivity contribution in [3.8, 4) is 0 Å². The first-order valence-corrected chi connectivity index (χ1v) is 16.7. The summed E-state index contributed by atoms with van der Waals surface area (Å²) in [4.78, 5) is 2.02. The molecule has 0 spiro atoms. The Balaban J connectivity index is 1.40. The molecule has 5 heteroatoms. The van der Waals surface area contributed by atoms with Gasteiger partial charge >= 0.3 is 6.18 Å². The Morgan fingerprint density at radius 2 is 1.45 bits per heavy atom. The Kier molecular flexibility index (Phi) is 8.18. The van der Waals surface area contributed by atoms with Crippen LogP contribution in [0.4, 0.5) is 24.5 Å². The first kappa shape index (κ1) is 32.4. The predicted molar refractivity (Wildman–Crippen MR) is 196 cm³/mol. The molecule has 0 bridgehead atoms. The minimum atomic E-state index is -4.42. The van der Waals surface area contributed by atoms with Crippen molar-refractivity contribution in [2.24, 2.45) is 0 Å². The Bertz CT molecular complexity index is 2100. The highest BCUT2D eigenvalue weighted by Crippen LogP contribution is 2.51. The summed E-state index contributed by atoms with van der Waals surface area (Å²) in [5.41, 5.74) is 6.84. The van der Waals surface area contributed by atoms with Crippen molar-refractivity contribution in [2.75, 3.05) is 19.0 Å². The van der Waals surface area contributed by atoms with Crippen LogP contribution in [-0.2, 0) is 29.8 Å². The molecule has 2 aliphatic rings. The molecule has 0 N–H and O–H groups in total. The van der Waals surface area contributed by atoms with Crippen molar-refractivity contribution in [3.05, 3.63) is 180 Å². The molecule has 0 aromatic heterocycles. The van der Waals surface area contributed by atoms with E-state index in [9.17, 15) is 13.2 Å². The van der Waals surface area contributed by atoms with Crippen molar-refractivity contribution < 1.29 is 17.7 Å². The van der Waals surface area contributed by atoms with Gasteiger partial charge in [-0.05, 0) is 84.0 Å². The summed E-state index contributed by atoms with van der Waals surface area (Å²) in [6.45, 7) is 5.99. The number of benzene rings is 5. The molecule has 1 atom stereocenters. The van der Waals surface area contributed by atoms with Gasteiger partial charge in [-0.15, -0.1) is 6.58 Å². The van der Waals surface area contributed by atoms with E-state index >= 15 is 0 Å². The molecule has 0 amide bonds. The SMILES string of the molecule is C=CCC1(C)/C(=C/C=C/C2=[N+](C)c3ccc4ccccc4c3C2(Cc2ccccc2)Cc2ccccc2)N(C)c2ccc(C(F)(F)F)cc21. The Morgan fingerprint density at radius 3 is 2.08 bits per heavy atom. The summed E-state index contributed by atoms with van der Waals surface area (Å²) in [6, 6.07) is 38.5. The first-order chi connectivity index (χ1) is 23.6. The van der Waals surface area contributed by atoms with Crippen LogP contribution in [-0.4, -0.2) is 24.4 Å². The number of alkyl halides is 3. The van der Waals surface area contributed by atoms with Gasteiger partial charge in [0.15, 0.2) is 5.71 Å². The van der Waals surface area contributed by atoms with Crippen molar-refractivity contribution in [1.82, 2.24) is 0 Å². The maximum Gasteiger partial charge on any atom is 0.416 e. The van der Waals surface area contributed by atoms with E-state index in [4.69, 9.17) is 0 Å². The molecule has 2 nitrogen and oxygen atoms in total. The standard InChI is InChI=1S/C44H40F3N2/c1-5-27-42(2)36-28-34(44(45,46)47)24-26-37(36)48(3)39(42)21-14-22-40-43(29-31-15-8-6-9-16-31,30-32-17-10-7-11-18-32)41-35-20-13-12-19-33(35)23-25-38(41)49(40)4/h5-26,28H,1,27,29-30H2,2-4H3/q+1. The molecule has 0 saturated heterocycles. The second-order valence-corrected chi connectivity index (χ2v) is 13.6. The Morgan fingerprint density at radius 1 is 0.816 bits per heavy atom. The average molecular weight is 654 g/mol. The summed E-state index contributed by atoms with van der Waals surface area (Å²) in [6.07, 6.45) is 5.87. The highest BCUT2D eigenvalue weighted by molar-refractivity contribution is 6.08. The highest BCUT2D eigenvalue weighted by atomic mass is 19.4. The fourth-order valence-corrected chi connectivity index (χ4v) is 8.32. The largest absolute Gasteiger partial charge is 0.416 e. The minimum Gasteiger partial charge on any atom is -0.347 e. The van der Waals surface area contributed by atoms with E-state index in [0.717, 1.165) is 24.2 Å². The molecular formula is C44H40F3N2+. The smallest absolute Gasteiger partial charge is 0.347 e. The van der Waals surface area contributed by atoms with Crippen molar-refractivity contribution in [2.45, 2.75) is 43.2 Å². The fourth-order valence-electron chi connectivity index (χ4n) is 8.32. The third-order valence-corrected chi connectivity index (χ3v) is 10.6. The van der Waals surface area contributed by atoms with Gasteiger partial charge in [-0.1, -0.05) is 97.1 Å². The predicted octanol–water partition coefficient (Wildman–Crippen LogP) is 10.7. The van der Waals surface area contributed by atoms with Crippen LogP contribution < -0.4 is 4.90 Å². The lowest BCUT2D eigenvalue weighted by Crippen LogP contribution is -2.39. The number of halogens is 3. The van der Waals surface area contributed by atoms with Crippen LogP contribution in [0, 0.1) is 0 Å². The zero-order valence-corrected chi connectivity index (χ0v) is 28.1. The zero-order valence-electron chi connectivity index (χ0n) is 28.1. The van der Waals surface area contributed by atoms with Gasteiger partial charge in [-0.2, -0.15) is 17.7 Å². The quantitative estimate of drug-likeness (QED) is 0.119. The topological polar surface area (TPSA) is 6.25 Å². The lowest BCUT2D eigenvalue weighted by molar-refractivity contribution is -0.401. The van der Waals surface area contributed by atoms with Crippen LogP contribution in [0.25, 0.3) is 10.8 Å². The molecule has 246 valence electrons. The van der Waals surface area contributed by atoms with Gasteiger partial charge in [-0.3, -0.25) is 0 Å². The van der Waals surface area contributed by atoms with Crippen molar-refractivity contribution in [1.29, 1.82) is 0 Å². The summed E-state index contributed by atoms with van der Waals surface area (Å²) in [5, 5.41) is 2.45. The van der Waals surface area contributed by atoms with E-state index in [0.29, 0.717) is 12.0 Å². The van der Waals surface area contributed by atoms with Gasteiger partial charge in [0, 0.05) is 41.6 Å². The molecule has 5 aromatic rings. The monoisotopic (exact) mass is 653 g/mol. The van der Waals surface area contributed by atoms with Crippen LogP contribution in [0.2, 0.25) is 0 Å². The molecule has 5 aromatic carbocycles. The molecule has 2 aliphatic heterocycles. The van der Waals surface area contributed by atoms with Crippen molar-refractivity contribution in [3.63, 3.8) is 0 Å². The van der Waals surface area contributed by atoms with Crippen LogP contribution in [0.15, 0.2) is 152 Å². The third-order valence-electron chi connectivity index (χ3n) is 10.6. The molecule has 7 rings (SSSR count). The molecule has 2 heterocycles. The third kappa shape index (κ3) is 5.51. The van der Waals surface area contributed by atoms with Gasteiger partial charge < -0.3 is 4.90 Å². The van der Waals surface area contributed by atoms with Gasteiger partial charge in [0.25, 0.3) is 0 Å². The number of rotatable bonds is 8. The number of fused-ring (bicyclic) bond motifs is 4. The molecule has 49 heavy (non-hydrogen) atoms. The van der Waals surface area contributed by atoms with Crippen LogP contribution >= 0.6 is 0 Å². The number of hydrogen-bond acceptors (Lipinski definition) is 1.